The third-order valence-electron chi connectivity index (χ3n) is 2.94. The predicted molar refractivity (Wildman–Crippen MR) is 110 cm³/mol. The summed E-state index contributed by atoms with van der Waals surface area (Å²) in [5.41, 5.74) is 9.49. The molecule has 0 spiro atoms. The van der Waals surface area contributed by atoms with Crippen LogP contribution in [0.2, 0.25) is 0 Å². The lowest BCUT2D eigenvalue weighted by Gasteiger charge is -2.16. The molecule has 0 aliphatic heterocycles. The zero-order chi connectivity index (χ0) is 23.1. The van der Waals surface area contributed by atoms with Crippen LogP contribution in [-0.4, -0.2) is 59.5 Å². The Morgan fingerprint density at radius 2 is 1.27 bits per heavy atom. The van der Waals surface area contributed by atoms with Gasteiger partial charge >= 0.3 is 16.0 Å². The molecule has 0 aliphatic carbocycles. The van der Waals surface area contributed by atoms with Gasteiger partial charge in [0.1, 0.15) is 0 Å². The van der Waals surface area contributed by atoms with Gasteiger partial charge in [0.15, 0.2) is 11.1 Å². The van der Waals surface area contributed by atoms with E-state index in [2.05, 4.69) is 18.4 Å². The Hall–Kier alpha value is -1.85. The minimum atomic E-state index is -5.15. The molecule has 0 aromatic rings. The number of azo groups is 1. The first kappa shape index (κ1) is 35.6. The Morgan fingerprint density at radius 3 is 1.43 bits per heavy atom. The molecule has 182 valence electrons. The second kappa shape index (κ2) is 12.8. The van der Waals surface area contributed by atoms with Crippen LogP contribution in [-0.2, 0) is 24.6 Å². The number of alkyl halides is 2. The van der Waals surface area contributed by atoms with Gasteiger partial charge in [-0.2, -0.15) is 31.7 Å². The van der Waals surface area contributed by atoms with E-state index in [9.17, 15) is 25.9 Å². The van der Waals surface area contributed by atoms with Gasteiger partial charge in [0.05, 0.1) is 0 Å². The van der Waals surface area contributed by atoms with Crippen LogP contribution in [0.1, 0.15) is 42.5 Å². The average Bonchev–Trinajstić information content (AvgIpc) is 2.52. The van der Waals surface area contributed by atoms with Gasteiger partial charge in [0.25, 0.3) is 21.7 Å². The van der Waals surface area contributed by atoms with Crippen molar-refractivity contribution in [3.8, 4) is 0 Å². The average molecular weight is 489 g/mol. The first-order valence-corrected chi connectivity index (χ1v) is 10.1. The molecule has 0 heterocycles. The summed E-state index contributed by atoms with van der Waals surface area (Å²) >= 11 is 0. The molecule has 0 rings (SSSR count). The monoisotopic (exact) mass is 488 g/mol. The lowest BCUT2D eigenvalue weighted by molar-refractivity contribution is -0.124. The molecular weight excluding hydrogens is 453 g/mol. The number of hydrogen-bond donors (Lipinski definition) is 4. The summed E-state index contributed by atoms with van der Waals surface area (Å²) < 4.78 is 72.4. The van der Waals surface area contributed by atoms with Crippen molar-refractivity contribution in [2.75, 3.05) is 14.1 Å². The number of amidine groups is 2. The van der Waals surface area contributed by atoms with E-state index in [4.69, 9.17) is 22.3 Å². The first-order chi connectivity index (χ1) is 12.2. The second-order valence-electron chi connectivity index (χ2n) is 6.40. The van der Waals surface area contributed by atoms with Crippen LogP contribution in [0.15, 0.2) is 14.0 Å². The highest BCUT2D eigenvalue weighted by Gasteiger charge is 2.31. The molecule has 30 heavy (non-hydrogen) atoms. The fourth-order valence-electron chi connectivity index (χ4n) is 0.635. The molecule has 0 aromatic carbocycles. The Labute approximate surface area is 176 Å². The molecule has 0 bridgehead atoms. The standard InChI is InChI=1S/C8H18N6.C3H7F3N2O4S2.2CH4/c1-7(2,5(9)10)13-14-8(3,4)6(11)12;1-8(2)14(10,11)7-13(9,12-6)3(4)5;;/h1-4H3,(H3,9,10)(H3,11,12);3H,1-2H3;2*1H4/p+2. The van der Waals surface area contributed by atoms with Gasteiger partial charge in [-0.1, -0.05) is 23.0 Å². The quantitative estimate of drug-likeness (QED) is 0.187. The maximum Gasteiger partial charge on any atom is 0.346 e. The SMILES string of the molecule is C.C.CC(C)(N=NC(C)(C)C(N)=[NH2+])C(N)=[NH2+].CN(C)S(=O)(=O)N=S(=O)(OF)C(F)F. The highest BCUT2D eigenvalue weighted by atomic mass is 32.3. The van der Waals surface area contributed by atoms with Crippen LogP contribution in [0.3, 0.4) is 0 Å². The van der Waals surface area contributed by atoms with Crippen molar-refractivity contribution in [3.63, 3.8) is 0 Å². The molecule has 0 saturated carbocycles. The van der Waals surface area contributed by atoms with Gasteiger partial charge in [-0.05, 0) is 32.2 Å². The van der Waals surface area contributed by atoms with E-state index in [0.717, 1.165) is 14.1 Å². The number of halogens is 3. The Morgan fingerprint density at radius 1 is 0.967 bits per heavy atom. The van der Waals surface area contributed by atoms with Crippen LogP contribution in [0.5, 0.6) is 0 Å². The topological polar surface area (TPSA) is 204 Å². The molecule has 0 aliphatic rings. The van der Waals surface area contributed by atoms with E-state index in [-0.39, 0.29) is 26.5 Å². The maximum atomic E-state index is 11.9. The van der Waals surface area contributed by atoms with Crippen molar-refractivity contribution in [1.29, 1.82) is 0 Å². The van der Waals surface area contributed by atoms with E-state index in [1.54, 1.807) is 27.7 Å². The molecule has 12 nitrogen and oxygen atoms in total. The fraction of sp³-hybridized carbons (Fsp3) is 0.846. The Kier molecular flexibility index (Phi) is 15.1. The van der Waals surface area contributed by atoms with Crippen molar-refractivity contribution < 1.29 is 41.1 Å². The fourth-order valence-corrected chi connectivity index (χ4v) is 2.63. The Balaban J connectivity index is -0.000000211. The van der Waals surface area contributed by atoms with E-state index >= 15 is 0 Å². The molecule has 1 atom stereocenters. The smallest absolute Gasteiger partial charge is 0.289 e. The van der Waals surface area contributed by atoms with Gasteiger partial charge in [-0.15, -0.1) is 0 Å². The van der Waals surface area contributed by atoms with E-state index in [1.807, 2.05) is 0 Å². The second-order valence-corrected chi connectivity index (χ2v) is 10.1. The van der Waals surface area contributed by atoms with E-state index in [0.29, 0.717) is 4.31 Å². The summed E-state index contributed by atoms with van der Waals surface area (Å²) in [5.74, 6) is -3.46. The van der Waals surface area contributed by atoms with Crippen LogP contribution >= 0.6 is 0 Å². The third kappa shape index (κ3) is 11.4. The zero-order valence-electron chi connectivity index (χ0n) is 16.3. The number of nitrogens with zero attached hydrogens (tertiary/aromatic N) is 4. The molecule has 0 aromatic heterocycles. The molecule has 0 amide bonds. The van der Waals surface area contributed by atoms with Gasteiger partial charge in [-0.25, -0.2) is 4.21 Å². The lowest BCUT2D eigenvalue weighted by atomic mass is 10.1. The third-order valence-corrected chi connectivity index (χ3v) is 6.08. The molecule has 17 heteroatoms. The summed E-state index contributed by atoms with van der Waals surface area (Å²) in [5, 5.41) is 18.9. The van der Waals surface area contributed by atoms with Crippen LogP contribution < -0.4 is 22.3 Å². The predicted octanol–water partition coefficient (Wildman–Crippen LogP) is -1.20. The first-order valence-electron chi connectivity index (χ1n) is 7.24. The van der Waals surface area contributed by atoms with Gasteiger partial charge in [0, 0.05) is 14.1 Å². The summed E-state index contributed by atoms with van der Waals surface area (Å²) in [6.07, 6.45) is 0. The summed E-state index contributed by atoms with van der Waals surface area (Å²) in [6.45, 7) is 7.03. The van der Waals surface area contributed by atoms with Gasteiger partial charge < -0.3 is 0 Å². The highest BCUT2D eigenvalue weighted by molar-refractivity contribution is 7.99. The summed E-state index contributed by atoms with van der Waals surface area (Å²) in [7, 11) is -7.83. The molecular formula is C13H35F3N8O4S2+2. The van der Waals surface area contributed by atoms with Crippen molar-refractivity contribution in [2.24, 2.45) is 25.5 Å². The molecule has 0 radical (unpaired) electrons. The maximum absolute atomic E-state index is 11.9. The van der Waals surface area contributed by atoms with Crippen LogP contribution in [0, 0.1) is 0 Å². The number of hydrogen-bond acceptors (Lipinski definition) is 6. The Bertz CT molecular complexity index is 792. The van der Waals surface area contributed by atoms with Gasteiger partial charge in [-0.3, -0.25) is 22.3 Å². The number of rotatable bonds is 8. The van der Waals surface area contributed by atoms with Crippen LogP contribution in [0.4, 0.5) is 13.3 Å². The molecule has 0 saturated heterocycles. The largest absolute Gasteiger partial charge is 0.346 e. The summed E-state index contributed by atoms with van der Waals surface area (Å²) in [6, 6.07) is 0. The lowest BCUT2D eigenvalue weighted by Crippen LogP contribution is -2.58. The summed E-state index contributed by atoms with van der Waals surface area (Å²) in [4.78, 5) is 0. The molecule has 8 N–H and O–H groups in total. The zero-order valence-corrected chi connectivity index (χ0v) is 17.9. The van der Waals surface area contributed by atoms with Crippen molar-refractivity contribution in [2.45, 2.75) is 59.4 Å². The van der Waals surface area contributed by atoms with Crippen molar-refractivity contribution in [3.05, 3.63) is 0 Å². The molecule has 1 unspecified atom stereocenters. The van der Waals surface area contributed by atoms with E-state index in [1.165, 1.54) is 0 Å². The van der Waals surface area contributed by atoms with Crippen molar-refractivity contribution in [1.82, 2.24) is 4.31 Å². The molecule has 0 fully saturated rings. The highest BCUT2D eigenvalue weighted by Crippen LogP contribution is 2.15. The minimum absolute atomic E-state index is 0. The van der Waals surface area contributed by atoms with Crippen molar-refractivity contribution >= 4 is 31.9 Å². The normalized spacial score (nSPS) is 14.1. The minimum Gasteiger partial charge on any atom is -0.289 e. The van der Waals surface area contributed by atoms with E-state index < -0.39 is 37.1 Å². The van der Waals surface area contributed by atoms with Crippen LogP contribution in [0.25, 0.3) is 0 Å². The van der Waals surface area contributed by atoms with Gasteiger partial charge in [0.2, 0.25) is 0 Å². The number of nitrogens with two attached hydrogens (primary N) is 4.